The third-order valence-electron chi connectivity index (χ3n) is 3.74. The summed E-state index contributed by atoms with van der Waals surface area (Å²) in [7, 11) is 2.04. The molecule has 0 aliphatic carbocycles. The van der Waals surface area contributed by atoms with E-state index in [4.69, 9.17) is 5.73 Å². The normalized spacial score (nSPS) is 13.7. The molecule has 0 heterocycles. The minimum absolute atomic E-state index is 0.164. The zero-order valence-corrected chi connectivity index (χ0v) is 12.7. The maximum atomic E-state index is 5.86. The molecule has 18 heavy (non-hydrogen) atoms. The first-order valence-electron chi connectivity index (χ1n) is 6.76. The van der Waals surface area contributed by atoms with Gasteiger partial charge < -0.3 is 11.1 Å². The molecule has 0 aliphatic heterocycles. The molecule has 102 valence electrons. The Morgan fingerprint density at radius 3 is 2.06 bits per heavy atom. The van der Waals surface area contributed by atoms with Crippen molar-refractivity contribution in [3.63, 3.8) is 0 Å². The lowest BCUT2D eigenvalue weighted by Gasteiger charge is -2.30. The van der Waals surface area contributed by atoms with E-state index < -0.39 is 0 Å². The first kappa shape index (κ1) is 15.2. The number of hydrogen-bond donors (Lipinski definition) is 2. The predicted molar refractivity (Wildman–Crippen MR) is 79.9 cm³/mol. The highest BCUT2D eigenvalue weighted by Gasteiger charge is 2.24. The van der Waals surface area contributed by atoms with Gasteiger partial charge in [-0.1, -0.05) is 31.5 Å². The SMILES string of the molecule is CNC(CC(C)(C)CN)c1c(C)cc(C)cc1C. The standard InChI is InChI=1S/C16H28N2/c1-11-7-12(2)15(13(3)8-11)14(18-6)9-16(4,5)10-17/h7-8,14,18H,9-10,17H2,1-6H3. The Labute approximate surface area is 112 Å². The average molecular weight is 248 g/mol. The topological polar surface area (TPSA) is 38.0 Å². The highest BCUT2D eigenvalue weighted by molar-refractivity contribution is 5.39. The average Bonchev–Trinajstić information content (AvgIpc) is 2.26. The highest BCUT2D eigenvalue weighted by atomic mass is 14.9. The summed E-state index contributed by atoms with van der Waals surface area (Å²) in [6, 6.07) is 4.91. The van der Waals surface area contributed by atoms with Gasteiger partial charge in [-0.05, 0) is 62.9 Å². The highest BCUT2D eigenvalue weighted by Crippen LogP contribution is 2.32. The third kappa shape index (κ3) is 3.56. The number of benzene rings is 1. The maximum absolute atomic E-state index is 5.86. The van der Waals surface area contributed by atoms with Crippen LogP contribution in [-0.2, 0) is 0 Å². The van der Waals surface area contributed by atoms with Gasteiger partial charge in [-0.3, -0.25) is 0 Å². The van der Waals surface area contributed by atoms with Crippen LogP contribution in [0.1, 0.15) is 48.6 Å². The number of hydrogen-bond acceptors (Lipinski definition) is 2. The van der Waals surface area contributed by atoms with Crippen LogP contribution in [0.4, 0.5) is 0 Å². The summed E-state index contributed by atoms with van der Waals surface area (Å²) in [6.07, 6.45) is 1.06. The fraction of sp³-hybridized carbons (Fsp3) is 0.625. The molecule has 0 bridgehead atoms. The molecule has 0 saturated heterocycles. The summed E-state index contributed by atoms with van der Waals surface area (Å²) in [5.74, 6) is 0. The summed E-state index contributed by atoms with van der Waals surface area (Å²) in [5.41, 5.74) is 11.5. The zero-order chi connectivity index (χ0) is 13.9. The minimum atomic E-state index is 0.164. The summed E-state index contributed by atoms with van der Waals surface area (Å²) < 4.78 is 0. The van der Waals surface area contributed by atoms with E-state index in [-0.39, 0.29) is 5.41 Å². The summed E-state index contributed by atoms with van der Waals surface area (Å²) in [4.78, 5) is 0. The smallest absolute Gasteiger partial charge is 0.0328 e. The first-order valence-corrected chi connectivity index (χ1v) is 6.76. The summed E-state index contributed by atoms with van der Waals surface area (Å²) >= 11 is 0. The number of nitrogens with two attached hydrogens (primary N) is 1. The van der Waals surface area contributed by atoms with E-state index in [1.54, 1.807) is 0 Å². The fourth-order valence-corrected chi connectivity index (χ4v) is 2.73. The molecule has 1 atom stereocenters. The minimum Gasteiger partial charge on any atom is -0.330 e. The Balaban J connectivity index is 3.10. The van der Waals surface area contributed by atoms with Crippen molar-refractivity contribution in [3.8, 4) is 0 Å². The van der Waals surface area contributed by atoms with Gasteiger partial charge in [0.2, 0.25) is 0 Å². The van der Waals surface area contributed by atoms with Crippen LogP contribution in [0.3, 0.4) is 0 Å². The van der Waals surface area contributed by atoms with Crippen molar-refractivity contribution in [2.24, 2.45) is 11.1 Å². The maximum Gasteiger partial charge on any atom is 0.0328 e. The van der Waals surface area contributed by atoms with Crippen LogP contribution in [0, 0.1) is 26.2 Å². The molecule has 0 radical (unpaired) electrons. The van der Waals surface area contributed by atoms with Gasteiger partial charge in [0.1, 0.15) is 0 Å². The van der Waals surface area contributed by atoms with Crippen molar-refractivity contribution in [3.05, 3.63) is 34.4 Å². The van der Waals surface area contributed by atoms with E-state index in [2.05, 4.69) is 52.1 Å². The van der Waals surface area contributed by atoms with Crippen LogP contribution in [0.2, 0.25) is 0 Å². The number of nitrogens with one attached hydrogen (secondary N) is 1. The lowest BCUT2D eigenvalue weighted by atomic mass is 9.81. The molecule has 1 unspecified atom stereocenters. The van der Waals surface area contributed by atoms with Crippen molar-refractivity contribution in [2.75, 3.05) is 13.6 Å². The largest absolute Gasteiger partial charge is 0.330 e. The quantitative estimate of drug-likeness (QED) is 0.839. The van der Waals surface area contributed by atoms with Gasteiger partial charge in [-0.25, -0.2) is 0 Å². The molecule has 0 saturated carbocycles. The second-order valence-corrected chi connectivity index (χ2v) is 6.23. The van der Waals surface area contributed by atoms with Crippen molar-refractivity contribution < 1.29 is 0 Å². The molecule has 2 heteroatoms. The molecule has 0 amide bonds. The first-order chi connectivity index (χ1) is 8.30. The molecule has 0 aliphatic rings. The van der Waals surface area contributed by atoms with Crippen LogP contribution in [0.25, 0.3) is 0 Å². The van der Waals surface area contributed by atoms with Gasteiger partial charge in [-0.2, -0.15) is 0 Å². The van der Waals surface area contributed by atoms with Crippen LogP contribution in [-0.4, -0.2) is 13.6 Å². The van der Waals surface area contributed by atoms with Gasteiger partial charge >= 0.3 is 0 Å². The Kier molecular flexibility index (Phi) is 4.94. The van der Waals surface area contributed by atoms with Crippen molar-refractivity contribution >= 4 is 0 Å². The van der Waals surface area contributed by atoms with E-state index in [0.717, 1.165) is 13.0 Å². The Bertz CT molecular complexity index is 385. The Morgan fingerprint density at radius 2 is 1.67 bits per heavy atom. The third-order valence-corrected chi connectivity index (χ3v) is 3.74. The summed E-state index contributed by atoms with van der Waals surface area (Å²) in [5, 5.41) is 3.45. The molecule has 0 spiro atoms. The molecule has 1 rings (SSSR count). The molecule has 0 fully saturated rings. The summed E-state index contributed by atoms with van der Waals surface area (Å²) in [6.45, 7) is 11.7. The van der Waals surface area contributed by atoms with Gasteiger partial charge in [0.15, 0.2) is 0 Å². The van der Waals surface area contributed by atoms with Crippen molar-refractivity contribution in [2.45, 2.75) is 47.1 Å². The Morgan fingerprint density at radius 1 is 1.17 bits per heavy atom. The second kappa shape index (κ2) is 5.85. The molecule has 1 aromatic carbocycles. The molecular weight excluding hydrogens is 220 g/mol. The van der Waals surface area contributed by atoms with Gasteiger partial charge in [0.05, 0.1) is 0 Å². The number of aryl methyl sites for hydroxylation is 3. The number of rotatable bonds is 5. The van der Waals surface area contributed by atoms with Gasteiger partial charge in [0.25, 0.3) is 0 Å². The van der Waals surface area contributed by atoms with Crippen LogP contribution >= 0.6 is 0 Å². The van der Waals surface area contributed by atoms with E-state index in [1.807, 2.05) is 7.05 Å². The molecular formula is C16H28N2. The van der Waals surface area contributed by atoms with Gasteiger partial charge in [-0.15, -0.1) is 0 Å². The van der Waals surface area contributed by atoms with Crippen LogP contribution in [0.5, 0.6) is 0 Å². The monoisotopic (exact) mass is 248 g/mol. The van der Waals surface area contributed by atoms with Crippen LogP contribution < -0.4 is 11.1 Å². The van der Waals surface area contributed by atoms with Gasteiger partial charge in [0, 0.05) is 6.04 Å². The van der Waals surface area contributed by atoms with Crippen LogP contribution in [0.15, 0.2) is 12.1 Å². The van der Waals surface area contributed by atoms with E-state index in [9.17, 15) is 0 Å². The fourth-order valence-electron chi connectivity index (χ4n) is 2.73. The molecule has 3 N–H and O–H groups in total. The molecule has 1 aromatic rings. The second-order valence-electron chi connectivity index (χ2n) is 6.23. The van der Waals surface area contributed by atoms with E-state index in [1.165, 1.54) is 22.3 Å². The van der Waals surface area contributed by atoms with Crippen molar-refractivity contribution in [1.82, 2.24) is 5.32 Å². The lowest BCUT2D eigenvalue weighted by Crippen LogP contribution is -2.30. The lowest BCUT2D eigenvalue weighted by molar-refractivity contribution is 0.298. The molecule has 2 nitrogen and oxygen atoms in total. The zero-order valence-electron chi connectivity index (χ0n) is 12.7. The van der Waals surface area contributed by atoms with E-state index >= 15 is 0 Å². The molecule has 0 aromatic heterocycles. The van der Waals surface area contributed by atoms with E-state index in [0.29, 0.717) is 6.04 Å². The predicted octanol–water partition coefficient (Wildman–Crippen LogP) is 3.25. The Hall–Kier alpha value is -0.860. The van der Waals surface area contributed by atoms with Crippen molar-refractivity contribution in [1.29, 1.82) is 0 Å².